The number of nitrogens with one attached hydrogen (secondary N) is 1. The van der Waals surface area contributed by atoms with E-state index < -0.39 is 0 Å². The van der Waals surface area contributed by atoms with Crippen molar-refractivity contribution >= 4 is 5.91 Å². The lowest BCUT2D eigenvalue weighted by Gasteiger charge is -2.34. The van der Waals surface area contributed by atoms with Gasteiger partial charge in [0.1, 0.15) is 5.82 Å². The van der Waals surface area contributed by atoms with Crippen LogP contribution in [-0.2, 0) is 17.8 Å². The first-order chi connectivity index (χ1) is 12.9. The number of piperidine rings is 1. The summed E-state index contributed by atoms with van der Waals surface area (Å²) in [4.78, 5) is 15.1. The van der Waals surface area contributed by atoms with Gasteiger partial charge in [-0.05, 0) is 69.5 Å². The van der Waals surface area contributed by atoms with Crippen LogP contribution in [-0.4, -0.2) is 29.4 Å². The second kappa shape index (κ2) is 8.66. The highest BCUT2D eigenvalue weighted by Gasteiger charge is 2.29. The number of halogens is 1. The molecule has 1 aliphatic heterocycles. The molecule has 4 heteroatoms. The SMILES string of the molecule is CC(C)(Cc1ccccc1)NC(=O)C1CCN(Cc2ccc(F)cc2)CC1. The number of carbonyl (C=O) groups is 1. The first kappa shape index (κ1) is 19.6. The second-order valence-corrected chi connectivity index (χ2v) is 8.21. The molecule has 0 aromatic heterocycles. The highest BCUT2D eigenvalue weighted by atomic mass is 19.1. The third-order valence-corrected chi connectivity index (χ3v) is 5.23. The third-order valence-electron chi connectivity index (χ3n) is 5.23. The molecule has 0 bridgehead atoms. The summed E-state index contributed by atoms with van der Waals surface area (Å²) in [6, 6.07) is 16.9. The minimum absolute atomic E-state index is 0.0736. The Hall–Kier alpha value is -2.20. The Labute approximate surface area is 161 Å². The number of carbonyl (C=O) groups excluding carboxylic acids is 1. The van der Waals surface area contributed by atoms with Crippen LogP contribution >= 0.6 is 0 Å². The minimum atomic E-state index is -0.260. The van der Waals surface area contributed by atoms with Crippen LogP contribution in [0.5, 0.6) is 0 Å². The topological polar surface area (TPSA) is 32.3 Å². The van der Waals surface area contributed by atoms with E-state index in [2.05, 4.69) is 36.2 Å². The van der Waals surface area contributed by atoms with E-state index in [4.69, 9.17) is 0 Å². The minimum Gasteiger partial charge on any atom is -0.351 e. The first-order valence-corrected chi connectivity index (χ1v) is 9.74. The van der Waals surface area contributed by atoms with Gasteiger partial charge in [-0.1, -0.05) is 42.5 Å². The highest BCUT2D eigenvalue weighted by molar-refractivity contribution is 5.79. The van der Waals surface area contributed by atoms with Gasteiger partial charge < -0.3 is 5.32 Å². The van der Waals surface area contributed by atoms with Crippen LogP contribution in [0.15, 0.2) is 54.6 Å². The lowest BCUT2D eigenvalue weighted by molar-refractivity contribution is -0.128. The first-order valence-electron chi connectivity index (χ1n) is 9.74. The fourth-order valence-corrected chi connectivity index (χ4v) is 3.79. The van der Waals surface area contributed by atoms with Crippen molar-refractivity contribution in [2.75, 3.05) is 13.1 Å². The van der Waals surface area contributed by atoms with E-state index in [1.54, 1.807) is 0 Å². The van der Waals surface area contributed by atoms with Crippen LogP contribution in [0.4, 0.5) is 4.39 Å². The van der Waals surface area contributed by atoms with Gasteiger partial charge in [-0.3, -0.25) is 9.69 Å². The molecule has 0 atom stereocenters. The summed E-state index contributed by atoms with van der Waals surface area (Å²) in [6.07, 6.45) is 2.56. The lowest BCUT2D eigenvalue weighted by Crippen LogP contribution is -2.49. The van der Waals surface area contributed by atoms with E-state index in [1.165, 1.54) is 17.7 Å². The van der Waals surface area contributed by atoms with Crippen LogP contribution in [0.1, 0.15) is 37.8 Å². The van der Waals surface area contributed by atoms with E-state index in [9.17, 15) is 9.18 Å². The maximum absolute atomic E-state index is 13.0. The molecule has 0 aliphatic carbocycles. The predicted octanol–water partition coefficient (Wildman–Crippen LogP) is 4.18. The molecule has 0 saturated carbocycles. The van der Waals surface area contributed by atoms with E-state index >= 15 is 0 Å². The summed E-state index contributed by atoms with van der Waals surface area (Å²) >= 11 is 0. The molecule has 2 aromatic carbocycles. The summed E-state index contributed by atoms with van der Waals surface area (Å²) in [7, 11) is 0. The van der Waals surface area contributed by atoms with Gasteiger partial charge in [-0.25, -0.2) is 4.39 Å². The molecule has 1 heterocycles. The van der Waals surface area contributed by atoms with Crippen molar-refractivity contribution < 1.29 is 9.18 Å². The average molecular weight is 368 g/mol. The summed E-state index contributed by atoms with van der Waals surface area (Å²) in [5, 5.41) is 3.25. The Morgan fingerprint density at radius 1 is 1.04 bits per heavy atom. The smallest absolute Gasteiger partial charge is 0.223 e. The van der Waals surface area contributed by atoms with Crippen LogP contribution < -0.4 is 5.32 Å². The quantitative estimate of drug-likeness (QED) is 0.830. The zero-order valence-electron chi connectivity index (χ0n) is 16.2. The normalized spacial score (nSPS) is 16.3. The van der Waals surface area contributed by atoms with Crippen molar-refractivity contribution in [3.63, 3.8) is 0 Å². The maximum atomic E-state index is 13.0. The van der Waals surface area contributed by atoms with Crippen LogP contribution in [0, 0.1) is 11.7 Å². The molecule has 3 nitrogen and oxygen atoms in total. The number of hydrogen-bond donors (Lipinski definition) is 1. The van der Waals surface area contributed by atoms with Gasteiger partial charge in [0.2, 0.25) is 5.91 Å². The molecule has 0 radical (unpaired) electrons. The summed E-state index contributed by atoms with van der Waals surface area (Å²) in [5.41, 5.74) is 2.09. The number of nitrogens with zero attached hydrogens (tertiary/aromatic N) is 1. The second-order valence-electron chi connectivity index (χ2n) is 8.21. The zero-order chi connectivity index (χ0) is 19.3. The summed E-state index contributed by atoms with van der Waals surface area (Å²) in [6.45, 7) is 6.78. The van der Waals surface area contributed by atoms with Crippen molar-refractivity contribution in [1.82, 2.24) is 10.2 Å². The van der Waals surface area contributed by atoms with Gasteiger partial charge in [0.25, 0.3) is 0 Å². The predicted molar refractivity (Wildman–Crippen MR) is 107 cm³/mol. The summed E-state index contributed by atoms with van der Waals surface area (Å²) < 4.78 is 13.0. The third kappa shape index (κ3) is 5.90. The molecule has 1 fully saturated rings. The van der Waals surface area contributed by atoms with Gasteiger partial charge in [-0.2, -0.15) is 0 Å². The molecule has 1 amide bonds. The van der Waals surface area contributed by atoms with Gasteiger partial charge in [0.05, 0.1) is 0 Å². The Balaban J connectivity index is 1.47. The van der Waals surface area contributed by atoms with Gasteiger partial charge in [0.15, 0.2) is 0 Å². The van der Waals surface area contributed by atoms with Gasteiger partial charge in [-0.15, -0.1) is 0 Å². The molecule has 27 heavy (non-hydrogen) atoms. The number of likely N-dealkylation sites (tertiary alicyclic amines) is 1. The summed E-state index contributed by atoms with van der Waals surface area (Å²) in [5.74, 6) is 0.0362. The lowest BCUT2D eigenvalue weighted by atomic mass is 9.91. The highest BCUT2D eigenvalue weighted by Crippen LogP contribution is 2.21. The molecular formula is C23H29FN2O. The number of amides is 1. The van der Waals surface area contributed by atoms with E-state index in [0.29, 0.717) is 0 Å². The molecule has 0 unspecified atom stereocenters. The molecule has 2 aromatic rings. The van der Waals surface area contributed by atoms with E-state index in [-0.39, 0.29) is 23.2 Å². The van der Waals surface area contributed by atoms with E-state index in [1.807, 2.05) is 30.3 Å². The fraction of sp³-hybridized carbons (Fsp3) is 0.435. The van der Waals surface area contributed by atoms with Crippen LogP contribution in [0.3, 0.4) is 0 Å². The molecule has 144 valence electrons. The maximum Gasteiger partial charge on any atom is 0.223 e. The van der Waals surface area contributed by atoms with Crippen molar-refractivity contribution in [3.05, 3.63) is 71.5 Å². The van der Waals surface area contributed by atoms with Gasteiger partial charge >= 0.3 is 0 Å². The molecule has 0 spiro atoms. The standard InChI is InChI=1S/C23H29FN2O/c1-23(2,16-18-6-4-3-5-7-18)25-22(27)20-12-14-26(15-13-20)17-19-8-10-21(24)11-9-19/h3-11,20H,12-17H2,1-2H3,(H,25,27). The number of rotatable bonds is 6. The monoisotopic (exact) mass is 368 g/mol. The average Bonchev–Trinajstić information content (AvgIpc) is 2.64. The van der Waals surface area contributed by atoms with E-state index in [0.717, 1.165) is 44.5 Å². The van der Waals surface area contributed by atoms with Crippen LogP contribution in [0.2, 0.25) is 0 Å². The van der Waals surface area contributed by atoms with Crippen LogP contribution in [0.25, 0.3) is 0 Å². The largest absolute Gasteiger partial charge is 0.351 e. The number of hydrogen-bond acceptors (Lipinski definition) is 2. The zero-order valence-corrected chi connectivity index (χ0v) is 16.2. The molecular weight excluding hydrogens is 339 g/mol. The Bertz CT molecular complexity index is 735. The molecule has 1 N–H and O–H groups in total. The van der Waals surface area contributed by atoms with Gasteiger partial charge in [0, 0.05) is 18.0 Å². The van der Waals surface area contributed by atoms with Crippen molar-refractivity contribution in [2.24, 2.45) is 5.92 Å². The molecule has 1 saturated heterocycles. The van der Waals surface area contributed by atoms with Crippen molar-refractivity contribution in [2.45, 2.75) is 45.2 Å². The number of benzene rings is 2. The Kier molecular flexibility index (Phi) is 6.27. The Morgan fingerprint density at radius 2 is 1.67 bits per heavy atom. The molecule has 1 aliphatic rings. The van der Waals surface area contributed by atoms with Crippen molar-refractivity contribution in [3.8, 4) is 0 Å². The fourth-order valence-electron chi connectivity index (χ4n) is 3.79. The van der Waals surface area contributed by atoms with Crippen molar-refractivity contribution in [1.29, 1.82) is 0 Å². The molecule has 3 rings (SSSR count). The Morgan fingerprint density at radius 3 is 2.30 bits per heavy atom.